The third-order valence-corrected chi connectivity index (χ3v) is 3.06. The Balaban J connectivity index is 2.27. The number of nitrogens with one attached hydrogen (secondary N) is 1. The summed E-state index contributed by atoms with van der Waals surface area (Å²) < 4.78 is 0. The molecule has 2 rings (SSSR count). The Morgan fingerprint density at radius 1 is 1.47 bits per heavy atom. The van der Waals surface area contributed by atoms with E-state index in [1.165, 1.54) is 11.3 Å². The minimum Gasteiger partial charge on any atom is -0.399 e. The van der Waals surface area contributed by atoms with Gasteiger partial charge in [0.25, 0.3) is 0 Å². The number of nitrogen functional groups attached to an aromatic ring is 1. The zero-order valence-electron chi connectivity index (χ0n) is 8.12. The summed E-state index contributed by atoms with van der Waals surface area (Å²) in [6, 6.07) is 5.32. The van der Waals surface area contributed by atoms with Crippen molar-refractivity contribution in [2.75, 3.05) is 11.1 Å². The number of rotatable bonds is 2. The number of aryl methyl sites for hydroxylation is 1. The Morgan fingerprint density at radius 2 is 2.27 bits per heavy atom. The molecule has 0 saturated carbocycles. The Kier molecular flexibility index (Phi) is 2.79. The van der Waals surface area contributed by atoms with Crippen LogP contribution in [-0.2, 0) is 0 Å². The van der Waals surface area contributed by atoms with Gasteiger partial charge in [-0.1, -0.05) is 11.6 Å². The minimum absolute atomic E-state index is 0.636. The summed E-state index contributed by atoms with van der Waals surface area (Å²) in [4.78, 5) is 4.28. The van der Waals surface area contributed by atoms with Gasteiger partial charge >= 0.3 is 0 Å². The molecule has 1 aromatic carbocycles. The number of hydrogen-bond donors (Lipinski definition) is 2. The fourth-order valence-electron chi connectivity index (χ4n) is 1.17. The van der Waals surface area contributed by atoms with Crippen molar-refractivity contribution < 1.29 is 0 Å². The molecule has 5 heteroatoms. The lowest BCUT2D eigenvalue weighted by Crippen LogP contribution is -1.93. The Bertz CT molecular complexity index is 481. The second kappa shape index (κ2) is 4.08. The fraction of sp³-hybridized carbons (Fsp3) is 0.100. The Hall–Kier alpha value is -1.26. The average molecular weight is 240 g/mol. The molecule has 0 atom stereocenters. The van der Waals surface area contributed by atoms with Gasteiger partial charge in [-0.05, 0) is 25.1 Å². The third-order valence-electron chi connectivity index (χ3n) is 1.85. The Morgan fingerprint density at radius 3 is 2.93 bits per heavy atom. The van der Waals surface area contributed by atoms with E-state index in [1.54, 1.807) is 18.2 Å². The van der Waals surface area contributed by atoms with Crippen molar-refractivity contribution in [2.45, 2.75) is 6.92 Å². The van der Waals surface area contributed by atoms with E-state index in [9.17, 15) is 0 Å². The highest BCUT2D eigenvalue weighted by Crippen LogP contribution is 2.28. The maximum absolute atomic E-state index is 6.01. The number of anilines is 3. The topological polar surface area (TPSA) is 50.9 Å². The van der Waals surface area contributed by atoms with Crippen molar-refractivity contribution in [3.63, 3.8) is 0 Å². The summed E-state index contributed by atoms with van der Waals surface area (Å²) >= 11 is 7.55. The zero-order chi connectivity index (χ0) is 10.8. The van der Waals surface area contributed by atoms with Crippen LogP contribution in [0.2, 0.25) is 5.02 Å². The number of nitrogens with two attached hydrogens (primary N) is 1. The lowest BCUT2D eigenvalue weighted by molar-refractivity contribution is 1.26. The summed E-state index contributed by atoms with van der Waals surface area (Å²) in [7, 11) is 0. The van der Waals surface area contributed by atoms with Gasteiger partial charge in [-0.25, -0.2) is 4.98 Å². The molecular weight excluding hydrogens is 230 g/mol. The van der Waals surface area contributed by atoms with Crippen LogP contribution in [0, 0.1) is 6.92 Å². The standard InChI is InChI=1S/C10H10ClN3S/c1-6-5-15-10(13-6)14-9-4-7(12)2-3-8(9)11/h2-5H,12H2,1H3,(H,13,14). The van der Waals surface area contributed by atoms with Crippen LogP contribution < -0.4 is 11.1 Å². The molecule has 0 bridgehead atoms. The van der Waals surface area contributed by atoms with E-state index in [4.69, 9.17) is 17.3 Å². The molecule has 0 fully saturated rings. The molecule has 0 aliphatic heterocycles. The second-order valence-electron chi connectivity index (χ2n) is 3.16. The Labute approximate surface area is 96.9 Å². The first-order valence-corrected chi connectivity index (χ1v) is 5.65. The quantitative estimate of drug-likeness (QED) is 0.790. The highest BCUT2D eigenvalue weighted by atomic mass is 35.5. The lowest BCUT2D eigenvalue weighted by atomic mass is 10.3. The number of nitrogens with zero attached hydrogens (tertiary/aromatic N) is 1. The van der Waals surface area contributed by atoms with E-state index in [-0.39, 0.29) is 0 Å². The molecule has 0 radical (unpaired) electrons. The van der Waals surface area contributed by atoms with Crippen LogP contribution in [0.5, 0.6) is 0 Å². The molecule has 0 aliphatic rings. The molecular formula is C10H10ClN3S. The summed E-state index contributed by atoms with van der Waals surface area (Å²) in [6.07, 6.45) is 0. The maximum Gasteiger partial charge on any atom is 0.187 e. The van der Waals surface area contributed by atoms with Crippen molar-refractivity contribution in [3.05, 3.63) is 34.3 Å². The van der Waals surface area contributed by atoms with Gasteiger partial charge in [0.2, 0.25) is 0 Å². The molecule has 3 nitrogen and oxygen atoms in total. The van der Waals surface area contributed by atoms with Crippen LogP contribution in [0.25, 0.3) is 0 Å². The molecule has 0 amide bonds. The smallest absolute Gasteiger partial charge is 0.187 e. The van der Waals surface area contributed by atoms with Crippen molar-refractivity contribution in [3.8, 4) is 0 Å². The lowest BCUT2D eigenvalue weighted by Gasteiger charge is -2.05. The van der Waals surface area contributed by atoms with Crippen LogP contribution in [0.15, 0.2) is 23.6 Å². The van der Waals surface area contributed by atoms with E-state index in [1.807, 2.05) is 12.3 Å². The van der Waals surface area contributed by atoms with E-state index in [0.717, 1.165) is 16.5 Å². The summed E-state index contributed by atoms with van der Waals surface area (Å²) in [5.74, 6) is 0. The maximum atomic E-state index is 6.01. The van der Waals surface area contributed by atoms with Crippen LogP contribution >= 0.6 is 22.9 Å². The summed E-state index contributed by atoms with van der Waals surface area (Å²) in [5, 5.41) is 6.56. The van der Waals surface area contributed by atoms with Crippen molar-refractivity contribution >= 4 is 39.4 Å². The minimum atomic E-state index is 0.636. The van der Waals surface area contributed by atoms with Gasteiger partial charge in [0.15, 0.2) is 5.13 Å². The highest BCUT2D eigenvalue weighted by molar-refractivity contribution is 7.13. The number of hydrogen-bond acceptors (Lipinski definition) is 4. The van der Waals surface area contributed by atoms with Gasteiger partial charge in [-0.3, -0.25) is 0 Å². The zero-order valence-corrected chi connectivity index (χ0v) is 9.69. The van der Waals surface area contributed by atoms with E-state index < -0.39 is 0 Å². The fourth-order valence-corrected chi connectivity index (χ4v) is 2.03. The van der Waals surface area contributed by atoms with Gasteiger partial charge in [0, 0.05) is 11.1 Å². The van der Waals surface area contributed by atoms with Crippen molar-refractivity contribution in [1.82, 2.24) is 4.98 Å². The first kappa shape index (κ1) is 10.3. The number of aromatic nitrogens is 1. The largest absolute Gasteiger partial charge is 0.399 e. The van der Waals surface area contributed by atoms with Crippen LogP contribution in [-0.4, -0.2) is 4.98 Å². The first-order chi connectivity index (χ1) is 7.15. The predicted octanol–water partition coefficient (Wildman–Crippen LogP) is 3.43. The predicted molar refractivity (Wildman–Crippen MR) is 66.0 cm³/mol. The molecule has 0 aliphatic carbocycles. The molecule has 3 N–H and O–H groups in total. The van der Waals surface area contributed by atoms with Gasteiger partial charge in [-0.15, -0.1) is 11.3 Å². The van der Waals surface area contributed by atoms with E-state index in [2.05, 4.69) is 10.3 Å². The van der Waals surface area contributed by atoms with E-state index in [0.29, 0.717) is 10.7 Å². The van der Waals surface area contributed by atoms with Crippen LogP contribution in [0.3, 0.4) is 0 Å². The van der Waals surface area contributed by atoms with Crippen LogP contribution in [0.4, 0.5) is 16.5 Å². The molecule has 1 heterocycles. The van der Waals surface area contributed by atoms with Gasteiger partial charge < -0.3 is 11.1 Å². The number of halogens is 1. The SMILES string of the molecule is Cc1csc(Nc2cc(N)ccc2Cl)n1. The van der Waals surface area contributed by atoms with Gasteiger partial charge in [-0.2, -0.15) is 0 Å². The third kappa shape index (κ3) is 2.40. The number of benzene rings is 1. The van der Waals surface area contributed by atoms with Gasteiger partial charge in [0.05, 0.1) is 16.4 Å². The normalized spacial score (nSPS) is 10.3. The molecule has 2 aromatic rings. The highest BCUT2D eigenvalue weighted by Gasteiger charge is 2.03. The molecule has 78 valence electrons. The monoisotopic (exact) mass is 239 g/mol. The number of thiazole rings is 1. The molecule has 0 unspecified atom stereocenters. The van der Waals surface area contributed by atoms with Crippen molar-refractivity contribution in [1.29, 1.82) is 0 Å². The van der Waals surface area contributed by atoms with Crippen molar-refractivity contribution in [2.24, 2.45) is 0 Å². The molecule has 0 spiro atoms. The van der Waals surface area contributed by atoms with Gasteiger partial charge in [0.1, 0.15) is 0 Å². The van der Waals surface area contributed by atoms with E-state index >= 15 is 0 Å². The molecule has 0 saturated heterocycles. The average Bonchev–Trinajstić information content (AvgIpc) is 2.58. The summed E-state index contributed by atoms with van der Waals surface area (Å²) in [5.41, 5.74) is 8.12. The molecule has 1 aromatic heterocycles. The summed E-state index contributed by atoms with van der Waals surface area (Å²) in [6.45, 7) is 1.95. The molecule has 15 heavy (non-hydrogen) atoms. The van der Waals surface area contributed by atoms with Crippen LogP contribution in [0.1, 0.15) is 5.69 Å². The first-order valence-electron chi connectivity index (χ1n) is 4.39. The second-order valence-corrected chi connectivity index (χ2v) is 4.42.